The SMILES string of the molecule is CC(NCc1cccc(O)c1)c1ccc(Cl)cc1Cl. The number of phenolic OH excluding ortho intramolecular Hbond substituents is 1. The summed E-state index contributed by atoms with van der Waals surface area (Å²) < 4.78 is 0. The fourth-order valence-electron chi connectivity index (χ4n) is 1.90. The largest absolute Gasteiger partial charge is 0.508 e. The summed E-state index contributed by atoms with van der Waals surface area (Å²) in [5.41, 5.74) is 2.03. The summed E-state index contributed by atoms with van der Waals surface area (Å²) in [6.07, 6.45) is 0. The Morgan fingerprint density at radius 3 is 2.63 bits per heavy atom. The van der Waals surface area contributed by atoms with Crippen LogP contribution in [0.4, 0.5) is 0 Å². The number of benzene rings is 2. The summed E-state index contributed by atoms with van der Waals surface area (Å²) >= 11 is 12.0. The highest BCUT2D eigenvalue weighted by Crippen LogP contribution is 2.26. The van der Waals surface area contributed by atoms with Gasteiger partial charge in [-0.2, -0.15) is 0 Å². The summed E-state index contributed by atoms with van der Waals surface area (Å²) in [5.74, 6) is 0.275. The maximum Gasteiger partial charge on any atom is 0.115 e. The van der Waals surface area contributed by atoms with Crippen molar-refractivity contribution in [2.45, 2.75) is 19.5 Å². The van der Waals surface area contributed by atoms with Gasteiger partial charge in [-0.15, -0.1) is 0 Å². The minimum atomic E-state index is 0.104. The van der Waals surface area contributed by atoms with Gasteiger partial charge >= 0.3 is 0 Å². The van der Waals surface area contributed by atoms with E-state index in [2.05, 4.69) is 5.32 Å². The lowest BCUT2D eigenvalue weighted by Crippen LogP contribution is -2.18. The second-order valence-electron chi connectivity index (χ2n) is 4.44. The van der Waals surface area contributed by atoms with Crippen molar-refractivity contribution in [3.05, 3.63) is 63.6 Å². The number of hydrogen-bond acceptors (Lipinski definition) is 2. The molecule has 1 unspecified atom stereocenters. The Labute approximate surface area is 123 Å². The molecule has 2 rings (SSSR count). The van der Waals surface area contributed by atoms with Gasteiger partial charge < -0.3 is 10.4 Å². The van der Waals surface area contributed by atoms with Crippen LogP contribution in [0.2, 0.25) is 10.0 Å². The van der Waals surface area contributed by atoms with Gasteiger partial charge in [0, 0.05) is 22.6 Å². The van der Waals surface area contributed by atoms with Gasteiger partial charge in [-0.3, -0.25) is 0 Å². The molecule has 19 heavy (non-hydrogen) atoms. The van der Waals surface area contributed by atoms with E-state index in [9.17, 15) is 5.11 Å². The van der Waals surface area contributed by atoms with Crippen LogP contribution in [-0.4, -0.2) is 5.11 Å². The fraction of sp³-hybridized carbons (Fsp3) is 0.200. The molecule has 2 aromatic carbocycles. The molecule has 0 saturated carbocycles. The van der Waals surface area contributed by atoms with Crippen LogP contribution in [0.5, 0.6) is 5.75 Å². The third-order valence-electron chi connectivity index (χ3n) is 2.95. The van der Waals surface area contributed by atoms with Crippen molar-refractivity contribution < 1.29 is 5.11 Å². The molecule has 0 aliphatic carbocycles. The second-order valence-corrected chi connectivity index (χ2v) is 5.28. The average Bonchev–Trinajstić information content (AvgIpc) is 2.36. The smallest absolute Gasteiger partial charge is 0.115 e. The van der Waals surface area contributed by atoms with Gasteiger partial charge in [-0.05, 0) is 42.3 Å². The van der Waals surface area contributed by atoms with E-state index < -0.39 is 0 Å². The first-order chi connectivity index (χ1) is 9.06. The molecule has 0 fully saturated rings. The number of phenols is 1. The van der Waals surface area contributed by atoms with Crippen molar-refractivity contribution in [1.29, 1.82) is 0 Å². The number of aromatic hydroxyl groups is 1. The molecule has 100 valence electrons. The highest BCUT2D eigenvalue weighted by atomic mass is 35.5. The molecule has 0 saturated heterocycles. The van der Waals surface area contributed by atoms with Gasteiger partial charge in [0.25, 0.3) is 0 Å². The van der Waals surface area contributed by atoms with Crippen LogP contribution in [0.15, 0.2) is 42.5 Å². The standard InChI is InChI=1S/C15H15Cl2NO/c1-10(14-6-5-12(16)8-15(14)17)18-9-11-3-2-4-13(19)7-11/h2-8,10,18-19H,9H2,1H3. The van der Waals surface area contributed by atoms with Gasteiger partial charge in [0.15, 0.2) is 0 Å². The van der Waals surface area contributed by atoms with Gasteiger partial charge in [0.05, 0.1) is 0 Å². The zero-order valence-corrected chi connectivity index (χ0v) is 12.0. The minimum Gasteiger partial charge on any atom is -0.508 e. The first kappa shape index (κ1) is 14.2. The van der Waals surface area contributed by atoms with E-state index in [-0.39, 0.29) is 11.8 Å². The molecule has 0 aromatic heterocycles. The van der Waals surface area contributed by atoms with Crippen LogP contribution in [0, 0.1) is 0 Å². The van der Waals surface area contributed by atoms with Crippen molar-refractivity contribution in [3.8, 4) is 5.75 Å². The minimum absolute atomic E-state index is 0.104. The van der Waals surface area contributed by atoms with E-state index in [4.69, 9.17) is 23.2 Å². The first-order valence-corrected chi connectivity index (χ1v) is 6.78. The molecule has 2 N–H and O–H groups in total. The molecule has 1 atom stereocenters. The molecule has 2 nitrogen and oxygen atoms in total. The Bertz CT molecular complexity index is 572. The lowest BCUT2D eigenvalue weighted by Gasteiger charge is -2.16. The molecule has 0 aliphatic rings. The molecular weight excluding hydrogens is 281 g/mol. The number of hydrogen-bond donors (Lipinski definition) is 2. The maximum absolute atomic E-state index is 9.41. The summed E-state index contributed by atoms with van der Waals surface area (Å²) in [6.45, 7) is 2.70. The van der Waals surface area contributed by atoms with E-state index in [0.29, 0.717) is 16.6 Å². The molecule has 0 radical (unpaired) electrons. The van der Waals surface area contributed by atoms with Crippen molar-refractivity contribution in [2.75, 3.05) is 0 Å². The topological polar surface area (TPSA) is 32.3 Å². The zero-order valence-electron chi connectivity index (χ0n) is 10.5. The van der Waals surface area contributed by atoms with Crippen molar-refractivity contribution in [1.82, 2.24) is 5.32 Å². The number of halogens is 2. The van der Waals surface area contributed by atoms with Gasteiger partial charge in [-0.1, -0.05) is 41.4 Å². The first-order valence-electron chi connectivity index (χ1n) is 6.02. The van der Waals surface area contributed by atoms with Crippen molar-refractivity contribution in [2.24, 2.45) is 0 Å². The third kappa shape index (κ3) is 3.87. The fourth-order valence-corrected chi connectivity index (χ4v) is 2.47. The highest BCUT2D eigenvalue weighted by molar-refractivity contribution is 6.35. The second kappa shape index (κ2) is 6.29. The maximum atomic E-state index is 9.41. The van der Waals surface area contributed by atoms with E-state index in [1.54, 1.807) is 18.2 Å². The van der Waals surface area contributed by atoms with Crippen LogP contribution in [0.3, 0.4) is 0 Å². The van der Waals surface area contributed by atoms with Crippen LogP contribution < -0.4 is 5.32 Å². The van der Waals surface area contributed by atoms with Crippen LogP contribution >= 0.6 is 23.2 Å². The van der Waals surface area contributed by atoms with Crippen LogP contribution in [0.1, 0.15) is 24.1 Å². The molecule has 4 heteroatoms. The predicted molar refractivity (Wildman–Crippen MR) is 79.8 cm³/mol. The van der Waals surface area contributed by atoms with E-state index in [0.717, 1.165) is 11.1 Å². The lowest BCUT2D eigenvalue weighted by atomic mass is 10.1. The zero-order chi connectivity index (χ0) is 13.8. The lowest BCUT2D eigenvalue weighted by molar-refractivity contribution is 0.473. The molecule has 2 aromatic rings. The van der Waals surface area contributed by atoms with E-state index in [1.165, 1.54) is 0 Å². The van der Waals surface area contributed by atoms with Crippen molar-refractivity contribution >= 4 is 23.2 Å². The van der Waals surface area contributed by atoms with Crippen LogP contribution in [0.25, 0.3) is 0 Å². The Morgan fingerprint density at radius 1 is 1.16 bits per heavy atom. The summed E-state index contributed by atoms with van der Waals surface area (Å²) in [7, 11) is 0. The van der Waals surface area contributed by atoms with Gasteiger partial charge in [0.2, 0.25) is 0 Å². The normalized spacial score (nSPS) is 12.4. The average molecular weight is 296 g/mol. The number of nitrogens with one attached hydrogen (secondary N) is 1. The van der Waals surface area contributed by atoms with Gasteiger partial charge in [0.1, 0.15) is 5.75 Å². The highest BCUT2D eigenvalue weighted by Gasteiger charge is 2.09. The Morgan fingerprint density at radius 2 is 1.95 bits per heavy atom. The summed E-state index contributed by atoms with van der Waals surface area (Å²) in [6, 6.07) is 12.8. The molecular formula is C15H15Cl2NO. The summed E-state index contributed by atoms with van der Waals surface area (Å²) in [4.78, 5) is 0. The quantitative estimate of drug-likeness (QED) is 0.867. The molecule has 0 bridgehead atoms. The Balaban J connectivity index is 2.03. The number of rotatable bonds is 4. The Hall–Kier alpha value is -1.22. The molecule has 0 spiro atoms. The monoisotopic (exact) mass is 295 g/mol. The molecule has 0 aliphatic heterocycles. The van der Waals surface area contributed by atoms with E-state index in [1.807, 2.05) is 31.2 Å². The summed E-state index contributed by atoms with van der Waals surface area (Å²) in [5, 5.41) is 14.1. The van der Waals surface area contributed by atoms with E-state index >= 15 is 0 Å². The predicted octanol–water partition coefficient (Wildman–Crippen LogP) is 4.55. The van der Waals surface area contributed by atoms with Crippen LogP contribution in [-0.2, 0) is 6.54 Å². The van der Waals surface area contributed by atoms with Crippen molar-refractivity contribution in [3.63, 3.8) is 0 Å². The molecule has 0 amide bonds. The molecule has 0 heterocycles. The van der Waals surface area contributed by atoms with Gasteiger partial charge in [-0.25, -0.2) is 0 Å². The third-order valence-corrected chi connectivity index (χ3v) is 3.51. The Kier molecular flexibility index (Phi) is 4.70.